The molecule has 1 aromatic rings. The zero-order chi connectivity index (χ0) is 15.0. The van der Waals surface area contributed by atoms with Crippen LogP contribution in [0.25, 0.3) is 5.57 Å². The smallest absolute Gasteiger partial charge is 0.410 e. The van der Waals surface area contributed by atoms with Crippen molar-refractivity contribution in [3.05, 3.63) is 40.4 Å². The van der Waals surface area contributed by atoms with Gasteiger partial charge in [-0.05, 0) is 36.1 Å². The van der Waals surface area contributed by atoms with Crippen molar-refractivity contribution < 1.29 is 19.4 Å². The number of hydrogen-bond acceptors (Lipinski definition) is 3. The van der Waals surface area contributed by atoms with E-state index in [1.54, 1.807) is 0 Å². The number of carboxylic acid groups (broad SMARTS) is 1. The van der Waals surface area contributed by atoms with Gasteiger partial charge in [-0.2, -0.15) is 0 Å². The van der Waals surface area contributed by atoms with Crippen molar-refractivity contribution in [2.24, 2.45) is 5.92 Å². The van der Waals surface area contributed by atoms with Gasteiger partial charge in [0.25, 0.3) is 0 Å². The van der Waals surface area contributed by atoms with Crippen molar-refractivity contribution in [1.29, 1.82) is 0 Å². The quantitative estimate of drug-likeness (QED) is 0.789. The first-order chi connectivity index (χ1) is 10.1. The van der Waals surface area contributed by atoms with Crippen LogP contribution < -0.4 is 0 Å². The number of amides is 1. The van der Waals surface area contributed by atoms with Crippen LogP contribution in [0.1, 0.15) is 18.4 Å². The number of rotatable bonds is 1. The zero-order valence-corrected chi connectivity index (χ0v) is 12.7. The van der Waals surface area contributed by atoms with Gasteiger partial charge in [-0.15, -0.1) is 0 Å². The first kappa shape index (κ1) is 14.1. The molecule has 5 nitrogen and oxygen atoms in total. The summed E-state index contributed by atoms with van der Waals surface area (Å²) < 4.78 is 5.97. The fourth-order valence-corrected chi connectivity index (χ4v) is 3.32. The van der Waals surface area contributed by atoms with E-state index in [-0.39, 0.29) is 18.7 Å². The number of benzene rings is 1. The Balaban J connectivity index is 1.89. The monoisotopic (exact) mass is 351 g/mol. The number of allylic oxidation sites excluding steroid dienone is 1. The van der Waals surface area contributed by atoms with Crippen LogP contribution in [0.2, 0.25) is 0 Å². The predicted molar refractivity (Wildman–Crippen MR) is 79.5 cm³/mol. The molecule has 1 aliphatic carbocycles. The molecule has 1 aromatic carbocycles. The Bertz CT molecular complexity index is 628. The van der Waals surface area contributed by atoms with Crippen LogP contribution in [-0.4, -0.2) is 34.8 Å². The minimum atomic E-state index is -1.04. The third-order valence-corrected chi connectivity index (χ3v) is 4.49. The second kappa shape index (κ2) is 5.52. The molecule has 0 spiro atoms. The highest BCUT2D eigenvalue weighted by Crippen LogP contribution is 2.37. The summed E-state index contributed by atoms with van der Waals surface area (Å²) in [6, 6.07) is 7.54. The van der Waals surface area contributed by atoms with E-state index < -0.39 is 12.0 Å². The van der Waals surface area contributed by atoms with Gasteiger partial charge in [0.05, 0.1) is 12.0 Å². The molecule has 1 amide bonds. The molecular formula is C15H14BrNO4. The molecule has 0 bridgehead atoms. The topological polar surface area (TPSA) is 66.8 Å². The second-order valence-corrected chi connectivity index (χ2v) is 6.11. The van der Waals surface area contributed by atoms with Crippen molar-refractivity contribution >= 4 is 33.6 Å². The highest BCUT2D eigenvalue weighted by molar-refractivity contribution is 9.10. The van der Waals surface area contributed by atoms with Gasteiger partial charge in [-0.1, -0.05) is 34.1 Å². The molecule has 0 radical (unpaired) electrons. The Labute approximate surface area is 130 Å². The van der Waals surface area contributed by atoms with Gasteiger partial charge in [-0.3, -0.25) is 9.69 Å². The number of fused-ring (bicyclic) bond motifs is 1. The zero-order valence-electron chi connectivity index (χ0n) is 11.2. The Morgan fingerprint density at radius 3 is 2.95 bits per heavy atom. The van der Waals surface area contributed by atoms with Crippen LogP contribution in [0, 0.1) is 5.92 Å². The number of halogens is 1. The Kier molecular flexibility index (Phi) is 3.71. The van der Waals surface area contributed by atoms with E-state index in [1.165, 1.54) is 4.90 Å². The van der Waals surface area contributed by atoms with Gasteiger partial charge >= 0.3 is 12.1 Å². The molecule has 6 heteroatoms. The molecule has 0 aromatic heterocycles. The number of hydrogen-bond donors (Lipinski definition) is 1. The lowest BCUT2D eigenvalue weighted by molar-refractivity contribution is -0.165. The maximum absolute atomic E-state index is 12.0. The molecule has 1 aliphatic heterocycles. The first-order valence-electron chi connectivity index (χ1n) is 6.67. The summed E-state index contributed by atoms with van der Waals surface area (Å²) in [4.78, 5) is 24.4. The predicted octanol–water partition coefficient (Wildman–Crippen LogP) is 3.11. The van der Waals surface area contributed by atoms with Crippen molar-refractivity contribution in [2.45, 2.75) is 18.9 Å². The summed E-state index contributed by atoms with van der Waals surface area (Å²) in [6.45, 7) is -0.171. The highest BCUT2D eigenvalue weighted by atomic mass is 79.9. The van der Waals surface area contributed by atoms with Gasteiger partial charge in [0.1, 0.15) is 0 Å². The van der Waals surface area contributed by atoms with Gasteiger partial charge < -0.3 is 9.84 Å². The summed E-state index contributed by atoms with van der Waals surface area (Å²) in [5, 5.41) is 9.19. The van der Waals surface area contributed by atoms with E-state index in [0.29, 0.717) is 12.8 Å². The van der Waals surface area contributed by atoms with Crippen LogP contribution in [0.15, 0.2) is 34.8 Å². The van der Waals surface area contributed by atoms with E-state index in [1.807, 2.05) is 30.3 Å². The van der Waals surface area contributed by atoms with E-state index in [9.17, 15) is 14.7 Å². The minimum absolute atomic E-state index is 0.171. The average molecular weight is 352 g/mol. The van der Waals surface area contributed by atoms with Crippen molar-refractivity contribution in [3.8, 4) is 0 Å². The van der Waals surface area contributed by atoms with Gasteiger partial charge in [0, 0.05) is 4.47 Å². The molecule has 1 heterocycles. The number of carbonyl (C=O) groups excluding carboxylic acids is 1. The molecule has 110 valence electrons. The lowest BCUT2D eigenvalue weighted by Crippen LogP contribution is -2.53. The summed E-state index contributed by atoms with van der Waals surface area (Å²) in [7, 11) is 0. The van der Waals surface area contributed by atoms with E-state index in [0.717, 1.165) is 15.6 Å². The molecule has 2 aliphatic rings. The van der Waals surface area contributed by atoms with Crippen molar-refractivity contribution in [3.63, 3.8) is 0 Å². The van der Waals surface area contributed by atoms with Crippen LogP contribution in [-0.2, 0) is 9.53 Å². The molecule has 1 fully saturated rings. The lowest BCUT2D eigenvalue weighted by atomic mass is 9.81. The minimum Gasteiger partial charge on any atom is -0.465 e. The summed E-state index contributed by atoms with van der Waals surface area (Å²) in [5.41, 5.74) is 2.10. The van der Waals surface area contributed by atoms with Gasteiger partial charge in [-0.25, -0.2) is 4.79 Å². The summed E-state index contributed by atoms with van der Waals surface area (Å²) >= 11 is 3.43. The Hall–Kier alpha value is -1.82. The normalized spacial score (nSPS) is 24.9. The number of esters is 1. The van der Waals surface area contributed by atoms with Crippen LogP contribution in [0.3, 0.4) is 0 Å². The van der Waals surface area contributed by atoms with Gasteiger partial charge in [0.15, 0.2) is 6.73 Å². The molecule has 3 rings (SSSR count). The van der Waals surface area contributed by atoms with Crippen molar-refractivity contribution in [2.75, 3.05) is 6.73 Å². The molecule has 1 N–H and O–H groups in total. The van der Waals surface area contributed by atoms with E-state index >= 15 is 0 Å². The molecule has 0 saturated carbocycles. The summed E-state index contributed by atoms with van der Waals surface area (Å²) in [6.07, 6.45) is 2.02. The molecule has 1 saturated heterocycles. The first-order valence-corrected chi connectivity index (χ1v) is 7.47. The Morgan fingerprint density at radius 2 is 2.24 bits per heavy atom. The lowest BCUT2D eigenvalue weighted by Gasteiger charge is -2.40. The number of ether oxygens (including phenoxy) is 1. The number of carbonyl (C=O) groups is 2. The van der Waals surface area contributed by atoms with Crippen LogP contribution in [0.4, 0.5) is 4.79 Å². The second-order valence-electron chi connectivity index (χ2n) is 5.20. The highest BCUT2D eigenvalue weighted by Gasteiger charge is 2.42. The van der Waals surface area contributed by atoms with E-state index in [2.05, 4.69) is 15.9 Å². The molecule has 21 heavy (non-hydrogen) atoms. The molecule has 2 unspecified atom stereocenters. The van der Waals surface area contributed by atoms with Crippen LogP contribution in [0.5, 0.6) is 0 Å². The maximum atomic E-state index is 12.0. The Morgan fingerprint density at radius 1 is 1.43 bits per heavy atom. The average Bonchev–Trinajstić information content (AvgIpc) is 2.47. The third-order valence-electron chi connectivity index (χ3n) is 4.00. The SMILES string of the molecule is O=C1OCN(C(=O)O)C2CC=C(c3cccc(Br)c3)CC12. The van der Waals surface area contributed by atoms with Crippen LogP contribution >= 0.6 is 15.9 Å². The fraction of sp³-hybridized carbons (Fsp3) is 0.333. The summed E-state index contributed by atoms with van der Waals surface area (Å²) in [5.74, 6) is -0.730. The number of cyclic esters (lactones) is 1. The molecule has 2 atom stereocenters. The maximum Gasteiger partial charge on any atom is 0.410 e. The van der Waals surface area contributed by atoms with Crippen molar-refractivity contribution in [1.82, 2.24) is 4.90 Å². The largest absolute Gasteiger partial charge is 0.465 e. The fourth-order valence-electron chi connectivity index (χ4n) is 2.93. The molecular weight excluding hydrogens is 338 g/mol. The standard InChI is InChI=1S/C15H14BrNO4/c16-11-3-1-2-9(6-11)10-4-5-13-12(7-10)14(18)21-8-17(13)15(19)20/h1-4,6,12-13H,5,7-8H2,(H,19,20). The van der Waals surface area contributed by atoms with E-state index in [4.69, 9.17) is 4.74 Å². The number of nitrogens with zero attached hydrogens (tertiary/aromatic N) is 1. The third kappa shape index (κ3) is 2.68. The van der Waals surface area contributed by atoms with Gasteiger partial charge in [0.2, 0.25) is 0 Å².